The largest absolute Gasteiger partial charge is 0.493 e. The Labute approximate surface area is 247 Å². The molecule has 4 fully saturated rings. The second kappa shape index (κ2) is 9.20. The van der Waals surface area contributed by atoms with Crippen LogP contribution >= 0.6 is 0 Å². The van der Waals surface area contributed by atoms with Crippen LogP contribution in [0.4, 0.5) is 5.69 Å². The van der Waals surface area contributed by atoms with Gasteiger partial charge in [-0.05, 0) is 108 Å². The molecule has 5 heteroatoms. The van der Waals surface area contributed by atoms with Crippen molar-refractivity contribution in [2.24, 2.45) is 28.6 Å². The molecule has 0 radical (unpaired) electrons. The fourth-order valence-corrected chi connectivity index (χ4v) is 9.60. The highest BCUT2D eigenvalue weighted by Gasteiger charge is 2.55. The summed E-state index contributed by atoms with van der Waals surface area (Å²) in [5.41, 5.74) is 4.66. The summed E-state index contributed by atoms with van der Waals surface area (Å²) in [6.07, 6.45) is 8.10. The number of Topliss-reactive ketones (excluding diaryl/α,β-unsaturated/α-hetero) is 1. The summed E-state index contributed by atoms with van der Waals surface area (Å²) in [6, 6.07) is 18.2. The zero-order valence-electron chi connectivity index (χ0n) is 24.8. The lowest BCUT2D eigenvalue weighted by Gasteiger charge is -2.55. The minimum absolute atomic E-state index is 0.0843. The lowest BCUT2D eigenvalue weighted by molar-refractivity contribution is -0.161. The lowest BCUT2D eigenvalue weighted by Crippen LogP contribution is -2.51. The van der Waals surface area contributed by atoms with Crippen LogP contribution in [0.2, 0.25) is 0 Å². The van der Waals surface area contributed by atoms with Crippen LogP contribution in [0.3, 0.4) is 0 Å². The van der Waals surface area contributed by atoms with Crippen LogP contribution in [0.25, 0.3) is 16.3 Å². The molecule has 0 unspecified atom stereocenters. The average molecular weight is 562 g/mol. The standard InChI is InChI=1S/C37H39NO4/c1-36(2)19-27-32-26-7-5-4-6-24(26)8-10-28(32)38-34(33(27)29(39)20-36)25-9-11-30(31(15-25)41-3)42-35(40)37-16-21-12-22(17-37)14-23(13-21)18-37/h4-11,15,21-23,34,38H,12-14,16-20H2,1-3H3/t21?,22?,23?,34-,37?/m0/s1. The Morgan fingerprint density at radius 3 is 2.31 bits per heavy atom. The maximum Gasteiger partial charge on any atom is 0.317 e. The molecule has 4 saturated carbocycles. The van der Waals surface area contributed by atoms with Gasteiger partial charge in [0.05, 0.1) is 18.6 Å². The summed E-state index contributed by atoms with van der Waals surface area (Å²) in [6.45, 7) is 4.37. The molecule has 0 aromatic heterocycles. The monoisotopic (exact) mass is 561 g/mol. The number of fused-ring (bicyclic) bond motifs is 4. The van der Waals surface area contributed by atoms with E-state index in [0.29, 0.717) is 35.7 Å². The quantitative estimate of drug-likeness (QED) is 0.257. The molecular formula is C37H39NO4. The van der Waals surface area contributed by atoms with Crippen molar-refractivity contribution in [3.63, 3.8) is 0 Å². The third-order valence-corrected chi connectivity index (χ3v) is 10.9. The van der Waals surface area contributed by atoms with Crippen LogP contribution in [0, 0.1) is 28.6 Å². The van der Waals surface area contributed by atoms with Crippen molar-refractivity contribution in [2.75, 3.05) is 12.4 Å². The van der Waals surface area contributed by atoms with E-state index in [-0.39, 0.29) is 28.6 Å². The maximum absolute atomic E-state index is 13.8. The highest BCUT2D eigenvalue weighted by molar-refractivity contribution is 6.12. The van der Waals surface area contributed by atoms with E-state index in [0.717, 1.165) is 53.6 Å². The third-order valence-electron chi connectivity index (χ3n) is 10.9. The first-order chi connectivity index (χ1) is 20.2. The van der Waals surface area contributed by atoms with E-state index in [9.17, 15) is 9.59 Å². The highest BCUT2D eigenvalue weighted by Crippen LogP contribution is 2.60. The summed E-state index contributed by atoms with van der Waals surface area (Å²) < 4.78 is 12.0. The van der Waals surface area contributed by atoms with Crippen molar-refractivity contribution in [3.8, 4) is 11.5 Å². The van der Waals surface area contributed by atoms with Crippen molar-refractivity contribution in [2.45, 2.75) is 71.3 Å². The second-order valence-electron chi connectivity index (χ2n) is 14.6. The van der Waals surface area contributed by atoms with Crippen molar-refractivity contribution in [3.05, 3.63) is 71.3 Å². The number of carbonyl (C=O) groups is 2. The van der Waals surface area contributed by atoms with Gasteiger partial charge in [-0.15, -0.1) is 0 Å². The molecular weight excluding hydrogens is 522 g/mol. The van der Waals surface area contributed by atoms with Crippen molar-refractivity contribution < 1.29 is 19.1 Å². The summed E-state index contributed by atoms with van der Waals surface area (Å²) in [5, 5.41) is 6.06. The van der Waals surface area contributed by atoms with Gasteiger partial charge in [0.2, 0.25) is 0 Å². The van der Waals surface area contributed by atoms with Gasteiger partial charge in [-0.2, -0.15) is 0 Å². The van der Waals surface area contributed by atoms with E-state index in [1.165, 1.54) is 30.0 Å². The smallest absolute Gasteiger partial charge is 0.317 e. The number of ketones is 1. The fourth-order valence-electron chi connectivity index (χ4n) is 9.60. The van der Waals surface area contributed by atoms with Gasteiger partial charge in [-0.3, -0.25) is 9.59 Å². The molecule has 0 saturated heterocycles. The highest BCUT2D eigenvalue weighted by atomic mass is 16.6. The Balaban J connectivity index is 1.16. The van der Waals surface area contributed by atoms with Gasteiger partial charge in [-0.1, -0.05) is 50.2 Å². The Morgan fingerprint density at radius 1 is 0.881 bits per heavy atom. The number of nitrogens with one attached hydrogen (secondary N) is 1. The normalized spacial score (nSPS) is 30.5. The van der Waals surface area contributed by atoms with Crippen LogP contribution in [-0.2, 0) is 9.59 Å². The Kier molecular flexibility index (Phi) is 5.71. The third kappa shape index (κ3) is 4.03. The number of carbonyl (C=O) groups excluding carboxylic acids is 2. The number of methoxy groups -OCH3 is 1. The zero-order valence-corrected chi connectivity index (χ0v) is 24.8. The number of esters is 1. The molecule has 1 atom stereocenters. The number of ether oxygens (including phenoxy) is 2. The summed E-state index contributed by atoms with van der Waals surface area (Å²) in [7, 11) is 1.62. The molecule has 9 rings (SSSR count). The van der Waals surface area contributed by atoms with Crippen molar-refractivity contribution in [1.82, 2.24) is 0 Å². The maximum atomic E-state index is 13.8. The zero-order chi connectivity index (χ0) is 28.8. The van der Waals surface area contributed by atoms with Crippen LogP contribution in [0.15, 0.2) is 60.2 Å². The Bertz CT molecular complexity index is 1640. The summed E-state index contributed by atoms with van der Waals surface area (Å²) in [5.74, 6) is 3.12. The van der Waals surface area contributed by atoms with E-state index < -0.39 is 0 Å². The van der Waals surface area contributed by atoms with E-state index >= 15 is 0 Å². The van der Waals surface area contributed by atoms with Gasteiger partial charge in [0.25, 0.3) is 0 Å². The SMILES string of the molecule is COc1cc([C@@H]2Nc3ccc4ccccc4c3C3=C2C(=O)CC(C)(C)C3)ccc1OC(=O)C12CC3CC(CC(C3)C1)C2. The number of hydrogen-bond donors (Lipinski definition) is 1. The minimum Gasteiger partial charge on any atom is -0.493 e. The molecule has 3 aromatic carbocycles. The predicted octanol–water partition coefficient (Wildman–Crippen LogP) is 8.28. The van der Waals surface area contributed by atoms with Crippen molar-refractivity contribution >= 4 is 33.8 Å². The van der Waals surface area contributed by atoms with Gasteiger partial charge in [0.15, 0.2) is 17.3 Å². The first-order valence-corrected chi connectivity index (χ1v) is 15.7. The van der Waals surface area contributed by atoms with Gasteiger partial charge in [-0.25, -0.2) is 0 Å². The van der Waals surface area contributed by atoms with Gasteiger partial charge < -0.3 is 14.8 Å². The molecule has 5 nitrogen and oxygen atoms in total. The van der Waals surface area contributed by atoms with Crippen LogP contribution in [0.1, 0.15) is 82.4 Å². The summed E-state index contributed by atoms with van der Waals surface area (Å²) in [4.78, 5) is 27.6. The first kappa shape index (κ1) is 26.1. The number of hydrogen-bond acceptors (Lipinski definition) is 5. The Hall–Kier alpha value is -3.60. The summed E-state index contributed by atoms with van der Waals surface area (Å²) >= 11 is 0. The first-order valence-electron chi connectivity index (χ1n) is 15.7. The minimum atomic E-state index is -0.336. The van der Waals surface area contributed by atoms with Gasteiger partial charge in [0, 0.05) is 23.2 Å². The molecule has 216 valence electrons. The molecule has 1 aliphatic heterocycles. The molecule has 4 bridgehead atoms. The Morgan fingerprint density at radius 2 is 1.60 bits per heavy atom. The average Bonchev–Trinajstić information content (AvgIpc) is 2.95. The predicted molar refractivity (Wildman–Crippen MR) is 164 cm³/mol. The fraction of sp³-hybridized carbons (Fsp3) is 0.459. The number of rotatable bonds is 4. The van der Waals surface area contributed by atoms with Crippen LogP contribution in [0.5, 0.6) is 11.5 Å². The van der Waals surface area contributed by atoms with Gasteiger partial charge in [0.1, 0.15) is 0 Å². The number of benzene rings is 3. The van der Waals surface area contributed by atoms with E-state index in [2.05, 4.69) is 55.6 Å². The van der Waals surface area contributed by atoms with Crippen molar-refractivity contribution in [1.29, 1.82) is 0 Å². The molecule has 6 aliphatic rings. The van der Waals surface area contributed by atoms with Crippen LogP contribution < -0.4 is 14.8 Å². The van der Waals surface area contributed by atoms with E-state index in [4.69, 9.17) is 9.47 Å². The van der Waals surface area contributed by atoms with E-state index in [1.807, 2.05) is 18.2 Å². The topological polar surface area (TPSA) is 64.6 Å². The lowest BCUT2D eigenvalue weighted by atomic mass is 9.49. The molecule has 42 heavy (non-hydrogen) atoms. The molecule has 3 aromatic rings. The number of allylic oxidation sites excluding steroid dienone is 1. The van der Waals surface area contributed by atoms with E-state index in [1.54, 1.807) is 7.11 Å². The number of anilines is 1. The molecule has 1 heterocycles. The van der Waals surface area contributed by atoms with Crippen LogP contribution in [-0.4, -0.2) is 18.9 Å². The molecule has 0 amide bonds. The molecule has 0 spiro atoms. The molecule has 5 aliphatic carbocycles. The van der Waals surface area contributed by atoms with Gasteiger partial charge >= 0.3 is 5.97 Å². The second-order valence-corrected chi connectivity index (χ2v) is 14.6. The molecule has 1 N–H and O–H groups in total.